The van der Waals surface area contributed by atoms with E-state index in [4.69, 9.17) is 39.5 Å². The van der Waals surface area contributed by atoms with E-state index in [-0.39, 0.29) is 17.8 Å². The van der Waals surface area contributed by atoms with Gasteiger partial charge in [0.25, 0.3) is 5.91 Å². The van der Waals surface area contributed by atoms with Crippen molar-refractivity contribution in [3.63, 3.8) is 0 Å². The maximum absolute atomic E-state index is 13.2. The highest BCUT2D eigenvalue weighted by Gasteiger charge is 2.30. The Balaban J connectivity index is 1.28. The summed E-state index contributed by atoms with van der Waals surface area (Å²) >= 11 is 18.8. The first kappa shape index (κ1) is 26.8. The number of hydrogen-bond donors (Lipinski definition) is 1. The molecule has 38 heavy (non-hydrogen) atoms. The van der Waals surface area contributed by atoms with E-state index in [0.717, 1.165) is 43.6 Å². The molecule has 0 aliphatic carbocycles. The lowest BCUT2D eigenvalue weighted by Crippen LogP contribution is -2.39. The summed E-state index contributed by atoms with van der Waals surface area (Å²) in [6.45, 7) is 2.69. The van der Waals surface area contributed by atoms with Gasteiger partial charge in [0.2, 0.25) is 5.88 Å². The zero-order chi connectivity index (χ0) is 26.8. The fourth-order valence-electron chi connectivity index (χ4n) is 4.96. The molecule has 1 aromatic heterocycles. The van der Waals surface area contributed by atoms with Crippen LogP contribution in [0.3, 0.4) is 0 Å². The molecule has 0 radical (unpaired) electrons. The molecule has 0 saturated carbocycles. The van der Waals surface area contributed by atoms with E-state index in [1.54, 1.807) is 31.3 Å². The predicted molar refractivity (Wildman–Crippen MR) is 149 cm³/mol. The second kappa shape index (κ2) is 11.5. The Kier molecular flexibility index (Phi) is 8.14. The Labute approximate surface area is 236 Å². The molecule has 2 aliphatic heterocycles. The predicted octanol–water partition coefficient (Wildman–Crippen LogP) is 5.82. The Morgan fingerprint density at radius 1 is 1.11 bits per heavy atom. The van der Waals surface area contributed by atoms with Crippen molar-refractivity contribution in [1.82, 2.24) is 19.8 Å². The second-order valence-corrected chi connectivity index (χ2v) is 10.8. The molecule has 3 heterocycles. The van der Waals surface area contributed by atoms with E-state index in [1.165, 1.54) is 4.90 Å². The number of carbonyl (C=O) groups is 2. The van der Waals surface area contributed by atoms with Crippen LogP contribution in [-0.4, -0.2) is 52.6 Å². The minimum atomic E-state index is -0.578. The molecule has 2 aliphatic rings. The maximum atomic E-state index is 13.2. The first-order chi connectivity index (χ1) is 18.3. The third kappa shape index (κ3) is 5.78. The van der Waals surface area contributed by atoms with Crippen LogP contribution < -0.4 is 15.0 Å². The molecule has 3 aromatic rings. The lowest BCUT2D eigenvalue weighted by molar-refractivity contribution is 0.0991. The van der Waals surface area contributed by atoms with Crippen LogP contribution in [0.5, 0.6) is 5.88 Å². The number of anilines is 1. The van der Waals surface area contributed by atoms with Crippen LogP contribution in [0, 0.1) is 0 Å². The third-order valence-corrected chi connectivity index (χ3v) is 7.88. The number of rotatable bonds is 6. The van der Waals surface area contributed by atoms with Gasteiger partial charge in [-0.05, 0) is 49.6 Å². The zero-order valence-corrected chi connectivity index (χ0v) is 23.2. The third-order valence-electron chi connectivity index (χ3n) is 6.94. The highest BCUT2D eigenvalue weighted by molar-refractivity contribution is 6.36. The summed E-state index contributed by atoms with van der Waals surface area (Å²) in [5.74, 6) is 1.08. The minimum Gasteiger partial charge on any atom is -0.389 e. The fourth-order valence-corrected chi connectivity index (χ4v) is 5.67. The number of nitrogens with one attached hydrogen (secondary N) is 1. The molecule has 1 saturated heterocycles. The van der Waals surface area contributed by atoms with Crippen LogP contribution in [0.25, 0.3) is 0 Å². The van der Waals surface area contributed by atoms with Crippen molar-refractivity contribution in [3.05, 3.63) is 74.5 Å². The van der Waals surface area contributed by atoms with Gasteiger partial charge in [0.1, 0.15) is 5.82 Å². The van der Waals surface area contributed by atoms with Crippen LogP contribution in [0.1, 0.15) is 41.0 Å². The number of fused-ring (bicyclic) bond motifs is 1. The SMILES string of the molecule is CN(C(=O)c1cccc(Cl)c1)c1nc2n(c1OC(=O)NC1CCN(Cc3c(Cl)cccc3Cl)C1)CCCC2. The van der Waals surface area contributed by atoms with Gasteiger partial charge in [-0.25, -0.2) is 9.78 Å². The summed E-state index contributed by atoms with van der Waals surface area (Å²) in [4.78, 5) is 34.5. The molecule has 11 heteroatoms. The zero-order valence-electron chi connectivity index (χ0n) is 20.9. The van der Waals surface area contributed by atoms with Crippen molar-refractivity contribution >= 4 is 52.6 Å². The first-order valence-corrected chi connectivity index (χ1v) is 13.7. The van der Waals surface area contributed by atoms with Crippen molar-refractivity contribution in [2.75, 3.05) is 25.0 Å². The number of hydrogen-bond acceptors (Lipinski definition) is 5. The number of halogens is 3. The molecule has 5 rings (SSSR count). The van der Waals surface area contributed by atoms with Crippen molar-refractivity contribution < 1.29 is 14.3 Å². The smallest absolute Gasteiger partial charge is 0.389 e. The van der Waals surface area contributed by atoms with Gasteiger partial charge in [-0.15, -0.1) is 0 Å². The normalized spacial score (nSPS) is 17.2. The molecular formula is C27H28Cl3N5O3. The van der Waals surface area contributed by atoms with E-state index in [9.17, 15) is 9.59 Å². The molecule has 8 nitrogen and oxygen atoms in total. The monoisotopic (exact) mass is 575 g/mol. The van der Waals surface area contributed by atoms with Crippen molar-refractivity contribution in [3.8, 4) is 5.88 Å². The average molecular weight is 577 g/mol. The lowest BCUT2D eigenvalue weighted by atomic mass is 10.2. The number of nitrogens with zero attached hydrogens (tertiary/aromatic N) is 4. The van der Waals surface area contributed by atoms with Gasteiger partial charge in [-0.1, -0.05) is 46.9 Å². The summed E-state index contributed by atoms with van der Waals surface area (Å²) in [5, 5.41) is 4.69. The van der Waals surface area contributed by atoms with Crippen molar-refractivity contribution in [2.24, 2.45) is 0 Å². The van der Waals surface area contributed by atoms with E-state index in [0.29, 0.717) is 46.1 Å². The number of aryl methyl sites for hydroxylation is 1. The van der Waals surface area contributed by atoms with Crippen LogP contribution in [0.2, 0.25) is 15.1 Å². The molecule has 1 unspecified atom stereocenters. The topological polar surface area (TPSA) is 79.7 Å². The van der Waals surface area contributed by atoms with Crippen molar-refractivity contribution in [2.45, 2.75) is 44.8 Å². The molecule has 200 valence electrons. The molecular weight excluding hydrogens is 549 g/mol. The Bertz CT molecular complexity index is 1340. The lowest BCUT2D eigenvalue weighted by Gasteiger charge is -2.20. The van der Waals surface area contributed by atoms with Crippen LogP contribution in [-0.2, 0) is 19.5 Å². The molecule has 2 amide bonds. The van der Waals surface area contributed by atoms with Crippen LogP contribution in [0.4, 0.5) is 10.6 Å². The minimum absolute atomic E-state index is 0.0956. The Morgan fingerprint density at radius 3 is 2.63 bits per heavy atom. The van der Waals surface area contributed by atoms with E-state index in [1.807, 2.05) is 22.8 Å². The van der Waals surface area contributed by atoms with E-state index < -0.39 is 6.09 Å². The number of ether oxygens (including phenoxy) is 1. The van der Waals surface area contributed by atoms with Gasteiger partial charge in [-0.2, -0.15) is 0 Å². The Morgan fingerprint density at radius 2 is 1.87 bits per heavy atom. The number of imidazole rings is 1. The molecule has 0 bridgehead atoms. The maximum Gasteiger partial charge on any atom is 0.414 e. The molecule has 1 atom stereocenters. The van der Waals surface area contributed by atoms with Gasteiger partial charge < -0.3 is 10.1 Å². The molecule has 1 fully saturated rings. The largest absolute Gasteiger partial charge is 0.414 e. The Hall–Kier alpha value is -2.78. The van der Waals surface area contributed by atoms with E-state index >= 15 is 0 Å². The molecule has 1 N–H and O–H groups in total. The number of benzene rings is 2. The highest BCUT2D eigenvalue weighted by Crippen LogP contribution is 2.33. The van der Waals surface area contributed by atoms with Gasteiger partial charge in [0.05, 0.1) is 0 Å². The second-order valence-electron chi connectivity index (χ2n) is 9.59. The summed E-state index contributed by atoms with van der Waals surface area (Å²) in [5.41, 5.74) is 1.30. The quantitative estimate of drug-likeness (QED) is 0.400. The summed E-state index contributed by atoms with van der Waals surface area (Å²) in [6.07, 6.45) is 2.86. The fraction of sp³-hybridized carbons (Fsp3) is 0.370. The number of likely N-dealkylation sites (tertiary alicyclic amines) is 1. The number of aromatic nitrogens is 2. The summed E-state index contributed by atoms with van der Waals surface area (Å²) < 4.78 is 7.73. The number of carbonyl (C=O) groups excluding carboxylic acids is 2. The van der Waals surface area contributed by atoms with Gasteiger partial charge in [-0.3, -0.25) is 19.2 Å². The van der Waals surface area contributed by atoms with Gasteiger partial charge in [0.15, 0.2) is 5.82 Å². The standard InChI is InChI=1S/C27H28Cl3N5O3/c1-33(25(36)17-6-4-7-18(28)14-17)24-26(35-12-3-2-10-23(35)32-24)38-27(37)31-19-11-13-34(15-19)16-20-21(29)8-5-9-22(20)30/h4-9,14,19H,2-3,10-13,15-16H2,1H3,(H,31,37). The van der Waals surface area contributed by atoms with Crippen LogP contribution >= 0.6 is 34.8 Å². The number of amides is 2. The molecule has 2 aromatic carbocycles. The summed E-state index contributed by atoms with van der Waals surface area (Å²) in [6, 6.07) is 12.1. The summed E-state index contributed by atoms with van der Waals surface area (Å²) in [7, 11) is 1.62. The van der Waals surface area contributed by atoms with Gasteiger partial charge in [0, 0.05) is 71.9 Å². The van der Waals surface area contributed by atoms with Crippen LogP contribution in [0.15, 0.2) is 42.5 Å². The highest BCUT2D eigenvalue weighted by atomic mass is 35.5. The first-order valence-electron chi connectivity index (χ1n) is 12.6. The van der Waals surface area contributed by atoms with Crippen molar-refractivity contribution in [1.29, 1.82) is 0 Å². The van der Waals surface area contributed by atoms with Gasteiger partial charge >= 0.3 is 6.09 Å². The molecule has 0 spiro atoms. The average Bonchev–Trinajstić information content (AvgIpc) is 3.49. The van der Waals surface area contributed by atoms with E-state index in [2.05, 4.69) is 15.2 Å².